The summed E-state index contributed by atoms with van der Waals surface area (Å²) in [6.45, 7) is 1.61. The Morgan fingerprint density at radius 3 is 2.55 bits per heavy atom. The van der Waals surface area contributed by atoms with E-state index in [-0.39, 0.29) is 12.3 Å². The molecule has 4 heteroatoms. The van der Waals surface area contributed by atoms with Crippen molar-refractivity contribution in [3.8, 4) is 0 Å². The standard InChI is InChI=1S/C16H21NO3/c18-15(8-4-5-9-16(19)20)17-11-10-14(12-17)13-6-2-1-3-7-13/h1-3,6-7,14H,4-5,8-12H2,(H,19,20). The van der Waals surface area contributed by atoms with Crippen molar-refractivity contribution in [1.82, 2.24) is 4.90 Å². The molecule has 1 aliphatic heterocycles. The summed E-state index contributed by atoms with van der Waals surface area (Å²) < 4.78 is 0. The molecule has 1 heterocycles. The molecule has 0 saturated carbocycles. The summed E-state index contributed by atoms with van der Waals surface area (Å²) in [5.41, 5.74) is 1.30. The molecule has 0 spiro atoms. The Hall–Kier alpha value is -1.84. The second-order valence-electron chi connectivity index (χ2n) is 5.34. The predicted molar refractivity (Wildman–Crippen MR) is 76.5 cm³/mol. The molecule has 1 N–H and O–H groups in total. The number of likely N-dealkylation sites (tertiary alicyclic amines) is 1. The molecule has 4 nitrogen and oxygen atoms in total. The number of carbonyl (C=O) groups excluding carboxylic acids is 1. The minimum absolute atomic E-state index is 0.153. The molecule has 0 aromatic heterocycles. The Morgan fingerprint density at radius 2 is 1.85 bits per heavy atom. The highest BCUT2D eigenvalue weighted by atomic mass is 16.4. The predicted octanol–water partition coefficient (Wildman–Crippen LogP) is 2.65. The minimum Gasteiger partial charge on any atom is -0.481 e. The summed E-state index contributed by atoms with van der Waals surface area (Å²) >= 11 is 0. The highest BCUT2D eigenvalue weighted by Crippen LogP contribution is 2.27. The van der Waals surface area contributed by atoms with Crippen LogP contribution >= 0.6 is 0 Å². The van der Waals surface area contributed by atoms with E-state index in [2.05, 4.69) is 12.1 Å². The Morgan fingerprint density at radius 1 is 1.15 bits per heavy atom. The third-order valence-electron chi connectivity index (χ3n) is 3.84. The number of carbonyl (C=O) groups is 2. The first kappa shape index (κ1) is 14.6. The van der Waals surface area contributed by atoms with Gasteiger partial charge >= 0.3 is 5.97 Å². The third kappa shape index (κ3) is 4.08. The lowest BCUT2D eigenvalue weighted by molar-refractivity contribution is -0.137. The van der Waals surface area contributed by atoms with E-state index < -0.39 is 5.97 Å². The van der Waals surface area contributed by atoms with E-state index in [9.17, 15) is 9.59 Å². The van der Waals surface area contributed by atoms with Gasteiger partial charge in [-0.3, -0.25) is 9.59 Å². The smallest absolute Gasteiger partial charge is 0.303 e. The van der Waals surface area contributed by atoms with Crippen LogP contribution in [0.15, 0.2) is 30.3 Å². The average molecular weight is 275 g/mol. The van der Waals surface area contributed by atoms with Crippen LogP contribution in [0.4, 0.5) is 0 Å². The van der Waals surface area contributed by atoms with Crippen LogP contribution in [0, 0.1) is 0 Å². The van der Waals surface area contributed by atoms with Gasteiger partial charge in [-0.15, -0.1) is 0 Å². The van der Waals surface area contributed by atoms with E-state index in [1.807, 2.05) is 23.1 Å². The largest absolute Gasteiger partial charge is 0.481 e. The number of rotatable bonds is 6. The third-order valence-corrected chi connectivity index (χ3v) is 3.84. The molecule has 2 rings (SSSR count). The van der Waals surface area contributed by atoms with Crippen molar-refractivity contribution in [1.29, 1.82) is 0 Å². The molecule has 1 atom stereocenters. The lowest BCUT2D eigenvalue weighted by Gasteiger charge is -2.16. The van der Waals surface area contributed by atoms with Gasteiger partial charge in [0.2, 0.25) is 5.91 Å². The van der Waals surface area contributed by atoms with Crippen molar-refractivity contribution in [3.63, 3.8) is 0 Å². The van der Waals surface area contributed by atoms with Crippen molar-refractivity contribution in [2.75, 3.05) is 13.1 Å². The van der Waals surface area contributed by atoms with Gasteiger partial charge in [0.25, 0.3) is 0 Å². The van der Waals surface area contributed by atoms with Gasteiger partial charge < -0.3 is 10.0 Å². The molecule has 20 heavy (non-hydrogen) atoms. The average Bonchev–Trinajstić information content (AvgIpc) is 2.94. The zero-order valence-corrected chi connectivity index (χ0v) is 11.6. The molecule has 0 bridgehead atoms. The van der Waals surface area contributed by atoms with Gasteiger partial charge in [0.05, 0.1) is 0 Å². The number of unbranched alkanes of at least 4 members (excludes halogenated alkanes) is 1. The van der Waals surface area contributed by atoms with Crippen LogP contribution in [-0.2, 0) is 9.59 Å². The van der Waals surface area contributed by atoms with Gasteiger partial charge in [-0.05, 0) is 24.8 Å². The Kier molecular flexibility index (Phi) is 5.16. The van der Waals surface area contributed by atoms with Gasteiger partial charge in [-0.1, -0.05) is 30.3 Å². The lowest BCUT2D eigenvalue weighted by Crippen LogP contribution is -2.28. The number of amides is 1. The first-order valence-corrected chi connectivity index (χ1v) is 7.21. The number of nitrogens with zero attached hydrogens (tertiary/aromatic N) is 1. The normalized spacial score (nSPS) is 18.2. The summed E-state index contributed by atoms with van der Waals surface area (Å²) in [5, 5.41) is 8.56. The Labute approximate surface area is 119 Å². The maximum atomic E-state index is 12.0. The fourth-order valence-electron chi connectivity index (χ4n) is 2.69. The van der Waals surface area contributed by atoms with Crippen molar-refractivity contribution in [3.05, 3.63) is 35.9 Å². The summed E-state index contributed by atoms with van der Waals surface area (Å²) in [5.74, 6) is -0.184. The van der Waals surface area contributed by atoms with Crippen LogP contribution in [-0.4, -0.2) is 35.0 Å². The fraction of sp³-hybridized carbons (Fsp3) is 0.500. The molecular formula is C16H21NO3. The molecule has 1 saturated heterocycles. The molecule has 1 aromatic rings. The SMILES string of the molecule is O=C(O)CCCCC(=O)N1CCC(c2ccccc2)C1. The molecule has 1 unspecified atom stereocenters. The molecule has 0 radical (unpaired) electrons. The van der Waals surface area contributed by atoms with Crippen LogP contribution in [0.25, 0.3) is 0 Å². The van der Waals surface area contributed by atoms with Gasteiger partial charge in [-0.2, -0.15) is 0 Å². The van der Waals surface area contributed by atoms with E-state index in [4.69, 9.17) is 5.11 Å². The minimum atomic E-state index is -0.789. The van der Waals surface area contributed by atoms with Crippen LogP contribution in [0.2, 0.25) is 0 Å². The van der Waals surface area contributed by atoms with E-state index in [1.165, 1.54) is 5.56 Å². The quantitative estimate of drug-likeness (QED) is 0.812. The van der Waals surface area contributed by atoms with Crippen LogP contribution in [0.1, 0.15) is 43.6 Å². The topological polar surface area (TPSA) is 57.6 Å². The van der Waals surface area contributed by atoms with Gasteiger partial charge in [-0.25, -0.2) is 0 Å². The van der Waals surface area contributed by atoms with Gasteiger partial charge in [0, 0.05) is 31.8 Å². The Balaban J connectivity index is 1.75. The van der Waals surface area contributed by atoms with Crippen molar-refractivity contribution < 1.29 is 14.7 Å². The zero-order valence-electron chi connectivity index (χ0n) is 11.6. The summed E-state index contributed by atoms with van der Waals surface area (Å²) in [4.78, 5) is 24.4. The lowest BCUT2D eigenvalue weighted by atomic mass is 9.99. The highest BCUT2D eigenvalue weighted by Gasteiger charge is 2.26. The number of carboxylic acids is 1. The second-order valence-corrected chi connectivity index (χ2v) is 5.34. The maximum absolute atomic E-state index is 12.0. The molecule has 1 aliphatic rings. The fourth-order valence-corrected chi connectivity index (χ4v) is 2.69. The number of hydrogen-bond acceptors (Lipinski definition) is 2. The molecule has 1 fully saturated rings. The van der Waals surface area contributed by atoms with Crippen LogP contribution < -0.4 is 0 Å². The van der Waals surface area contributed by atoms with Crippen LogP contribution in [0.3, 0.4) is 0 Å². The highest BCUT2D eigenvalue weighted by molar-refractivity contribution is 5.76. The van der Waals surface area contributed by atoms with Crippen LogP contribution in [0.5, 0.6) is 0 Å². The first-order valence-electron chi connectivity index (χ1n) is 7.21. The number of aliphatic carboxylic acids is 1. The first-order chi connectivity index (χ1) is 9.66. The molecule has 1 aromatic carbocycles. The molecule has 0 aliphatic carbocycles. The summed E-state index contributed by atoms with van der Waals surface area (Å²) in [6, 6.07) is 10.3. The van der Waals surface area contributed by atoms with E-state index in [0.717, 1.165) is 19.5 Å². The van der Waals surface area contributed by atoms with E-state index in [0.29, 0.717) is 25.2 Å². The number of benzene rings is 1. The van der Waals surface area contributed by atoms with E-state index in [1.54, 1.807) is 0 Å². The van der Waals surface area contributed by atoms with Crippen molar-refractivity contribution in [2.24, 2.45) is 0 Å². The number of hydrogen-bond donors (Lipinski definition) is 1. The van der Waals surface area contributed by atoms with Crippen molar-refractivity contribution >= 4 is 11.9 Å². The Bertz CT molecular complexity index is 458. The van der Waals surface area contributed by atoms with Gasteiger partial charge in [0.15, 0.2) is 0 Å². The molecule has 1 amide bonds. The van der Waals surface area contributed by atoms with Gasteiger partial charge in [0.1, 0.15) is 0 Å². The summed E-state index contributed by atoms with van der Waals surface area (Å²) in [6.07, 6.45) is 2.88. The van der Waals surface area contributed by atoms with E-state index >= 15 is 0 Å². The summed E-state index contributed by atoms with van der Waals surface area (Å²) in [7, 11) is 0. The molecular weight excluding hydrogens is 254 g/mol. The maximum Gasteiger partial charge on any atom is 0.303 e. The monoisotopic (exact) mass is 275 g/mol. The second kappa shape index (κ2) is 7.08. The number of carboxylic acid groups (broad SMARTS) is 1. The zero-order chi connectivity index (χ0) is 14.4. The molecule has 108 valence electrons. The van der Waals surface area contributed by atoms with Crippen molar-refractivity contribution in [2.45, 2.75) is 38.0 Å².